The van der Waals surface area contributed by atoms with E-state index in [1.54, 1.807) is 9.80 Å². The number of anilines is 1. The van der Waals surface area contributed by atoms with Gasteiger partial charge in [0, 0.05) is 30.4 Å². The number of carbonyl (C=O) groups excluding carboxylic acids is 3. The smallest absolute Gasteiger partial charge is 0.311 e. The molecule has 4 rings (SSSR count). The molecule has 1 fully saturated rings. The molecule has 6 nitrogen and oxygen atoms in total. The van der Waals surface area contributed by atoms with Crippen LogP contribution in [-0.2, 0) is 20.7 Å². The van der Waals surface area contributed by atoms with Crippen LogP contribution in [0.25, 0.3) is 0 Å². The van der Waals surface area contributed by atoms with Gasteiger partial charge in [-0.1, -0.05) is 18.2 Å². The molecule has 0 N–H and O–H groups in total. The van der Waals surface area contributed by atoms with Crippen molar-refractivity contribution in [1.29, 1.82) is 0 Å². The molecule has 32 heavy (non-hydrogen) atoms. The number of esters is 1. The van der Waals surface area contributed by atoms with Crippen LogP contribution >= 0.6 is 0 Å². The lowest BCUT2D eigenvalue weighted by Gasteiger charge is -2.35. The third-order valence-electron chi connectivity index (χ3n) is 6.26. The highest BCUT2D eigenvalue weighted by Gasteiger charge is 2.32. The molecule has 2 aliphatic heterocycles. The van der Waals surface area contributed by atoms with Crippen molar-refractivity contribution in [3.05, 3.63) is 65.5 Å². The number of ether oxygens (including phenoxy) is 1. The van der Waals surface area contributed by atoms with Crippen molar-refractivity contribution in [1.82, 2.24) is 4.90 Å². The van der Waals surface area contributed by atoms with Crippen molar-refractivity contribution in [2.75, 3.05) is 24.6 Å². The summed E-state index contributed by atoms with van der Waals surface area (Å²) in [6.45, 7) is 2.43. The summed E-state index contributed by atoms with van der Waals surface area (Å²) < 4.78 is 18.5. The van der Waals surface area contributed by atoms with Gasteiger partial charge in [0.05, 0.1) is 5.92 Å². The molecule has 2 aromatic rings. The van der Waals surface area contributed by atoms with E-state index in [9.17, 15) is 18.8 Å². The monoisotopic (exact) mass is 438 g/mol. The van der Waals surface area contributed by atoms with E-state index in [0.29, 0.717) is 24.9 Å². The van der Waals surface area contributed by atoms with Gasteiger partial charge in [-0.05, 0) is 68.5 Å². The minimum Gasteiger partial charge on any atom is -0.455 e. The quantitative estimate of drug-likeness (QED) is 0.685. The van der Waals surface area contributed by atoms with E-state index in [1.165, 1.54) is 24.3 Å². The molecule has 1 saturated heterocycles. The zero-order valence-corrected chi connectivity index (χ0v) is 18.1. The second-order valence-corrected chi connectivity index (χ2v) is 8.49. The van der Waals surface area contributed by atoms with Crippen molar-refractivity contribution in [3.8, 4) is 0 Å². The Balaban J connectivity index is 1.35. The zero-order valence-electron chi connectivity index (χ0n) is 18.1. The van der Waals surface area contributed by atoms with Gasteiger partial charge in [0.2, 0.25) is 0 Å². The highest BCUT2D eigenvalue weighted by atomic mass is 19.1. The van der Waals surface area contributed by atoms with Crippen molar-refractivity contribution in [3.63, 3.8) is 0 Å². The number of amides is 2. The fourth-order valence-electron chi connectivity index (χ4n) is 4.52. The number of aryl methyl sites for hydroxylation is 1. The van der Waals surface area contributed by atoms with E-state index < -0.39 is 17.7 Å². The molecular formula is C25H27FN2O4. The first-order valence-electron chi connectivity index (χ1n) is 11.1. The molecule has 0 aliphatic carbocycles. The fourth-order valence-corrected chi connectivity index (χ4v) is 4.52. The average molecular weight is 438 g/mol. The van der Waals surface area contributed by atoms with Gasteiger partial charge in [-0.2, -0.15) is 0 Å². The van der Waals surface area contributed by atoms with Gasteiger partial charge in [0.1, 0.15) is 5.82 Å². The Morgan fingerprint density at radius 1 is 1.06 bits per heavy atom. The van der Waals surface area contributed by atoms with Crippen LogP contribution in [0.5, 0.6) is 0 Å². The van der Waals surface area contributed by atoms with Gasteiger partial charge >= 0.3 is 5.97 Å². The van der Waals surface area contributed by atoms with Gasteiger partial charge in [0.15, 0.2) is 6.61 Å². The van der Waals surface area contributed by atoms with E-state index in [1.807, 2.05) is 31.2 Å². The van der Waals surface area contributed by atoms with E-state index >= 15 is 0 Å². The lowest BCUT2D eigenvalue weighted by molar-refractivity contribution is -0.153. The minimum atomic E-state index is -0.480. The first-order chi connectivity index (χ1) is 15.4. The Bertz CT molecular complexity index is 1010. The van der Waals surface area contributed by atoms with Crippen LogP contribution in [0.4, 0.5) is 10.1 Å². The minimum absolute atomic E-state index is 0.0367. The Kier molecular flexibility index (Phi) is 6.53. The molecule has 2 atom stereocenters. The van der Waals surface area contributed by atoms with Crippen molar-refractivity contribution >= 4 is 23.5 Å². The van der Waals surface area contributed by atoms with Gasteiger partial charge in [-0.15, -0.1) is 0 Å². The maximum absolute atomic E-state index is 13.1. The van der Waals surface area contributed by atoms with Crippen LogP contribution in [0.2, 0.25) is 0 Å². The Labute approximate surface area is 187 Å². The van der Waals surface area contributed by atoms with E-state index in [2.05, 4.69) is 0 Å². The predicted octanol–water partition coefficient (Wildman–Crippen LogP) is 3.59. The first-order valence-corrected chi connectivity index (χ1v) is 11.1. The normalized spacial score (nSPS) is 20.4. The number of carbonyl (C=O) groups is 3. The second-order valence-electron chi connectivity index (χ2n) is 8.49. The molecule has 0 radical (unpaired) electrons. The summed E-state index contributed by atoms with van der Waals surface area (Å²) in [7, 11) is 0. The van der Waals surface area contributed by atoms with Crippen LogP contribution in [0.1, 0.15) is 42.1 Å². The number of halogens is 1. The summed E-state index contributed by atoms with van der Waals surface area (Å²) in [6.07, 6.45) is 3.04. The largest absolute Gasteiger partial charge is 0.455 e. The van der Waals surface area contributed by atoms with Crippen LogP contribution in [0, 0.1) is 11.7 Å². The average Bonchev–Trinajstić information content (AvgIpc) is 2.82. The number of fused-ring (bicyclic) bond motifs is 1. The summed E-state index contributed by atoms with van der Waals surface area (Å²) >= 11 is 0. The summed E-state index contributed by atoms with van der Waals surface area (Å²) in [4.78, 5) is 41.6. The van der Waals surface area contributed by atoms with Gasteiger partial charge in [0.25, 0.3) is 11.8 Å². The molecule has 0 saturated carbocycles. The molecular weight excluding hydrogens is 411 g/mol. The predicted molar refractivity (Wildman–Crippen MR) is 118 cm³/mol. The Morgan fingerprint density at radius 2 is 1.81 bits per heavy atom. The Morgan fingerprint density at radius 3 is 2.59 bits per heavy atom. The van der Waals surface area contributed by atoms with Crippen LogP contribution in [0.3, 0.4) is 0 Å². The second kappa shape index (κ2) is 9.51. The lowest BCUT2D eigenvalue weighted by Crippen LogP contribution is -2.45. The third kappa shape index (κ3) is 4.66. The number of rotatable bonds is 4. The number of para-hydroxylation sites is 1. The lowest BCUT2D eigenvalue weighted by atomic mass is 9.96. The molecule has 2 heterocycles. The molecule has 2 amide bonds. The molecule has 168 valence electrons. The Hall–Kier alpha value is -3.22. The molecule has 0 spiro atoms. The molecule has 2 aliphatic rings. The summed E-state index contributed by atoms with van der Waals surface area (Å²) in [5.41, 5.74) is 2.38. The standard InChI is InChI=1S/C25H27FN2O4/c1-17-8-9-18-5-2-3-7-22(18)28(17)23(29)16-32-25(31)20-6-4-14-27(15-20)24(30)19-10-12-21(26)13-11-19/h2-3,5,7,10-13,17,20H,4,6,8-9,14-16H2,1H3. The number of hydrogen-bond donors (Lipinski definition) is 0. The number of hydrogen-bond acceptors (Lipinski definition) is 4. The maximum Gasteiger partial charge on any atom is 0.311 e. The summed E-state index contributed by atoms with van der Waals surface area (Å²) in [6, 6.07) is 13.2. The number of benzene rings is 2. The summed E-state index contributed by atoms with van der Waals surface area (Å²) in [5, 5.41) is 0. The topological polar surface area (TPSA) is 66.9 Å². The molecule has 2 aromatic carbocycles. The SMILES string of the molecule is CC1CCc2ccccc2N1C(=O)COC(=O)C1CCCN(C(=O)c2ccc(F)cc2)C1. The van der Waals surface area contributed by atoms with Gasteiger partial charge in [-0.3, -0.25) is 14.4 Å². The van der Waals surface area contributed by atoms with Crippen molar-refractivity contribution in [2.45, 2.75) is 38.6 Å². The van der Waals surface area contributed by atoms with Crippen LogP contribution in [0.15, 0.2) is 48.5 Å². The van der Waals surface area contributed by atoms with Crippen molar-refractivity contribution < 1.29 is 23.5 Å². The molecule has 0 bridgehead atoms. The molecule has 2 unspecified atom stereocenters. The highest BCUT2D eigenvalue weighted by Crippen LogP contribution is 2.30. The maximum atomic E-state index is 13.1. The van der Waals surface area contributed by atoms with Crippen molar-refractivity contribution in [2.24, 2.45) is 5.92 Å². The number of piperidine rings is 1. The number of nitrogens with zero attached hydrogens (tertiary/aromatic N) is 2. The van der Waals surface area contributed by atoms with E-state index in [4.69, 9.17) is 4.74 Å². The summed E-state index contributed by atoms with van der Waals surface area (Å²) in [5.74, 6) is -1.83. The zero-order chi connectivity index (χ0) is 22.7. The molecule has 7 heteroatoms. The number of likely N-dealkylation sites (tertiary alicyclic amines) is 1. The first kappa shape index (κ1) is 22.0. The van der Waals surface area contributed by atoms with E-state index in [0.717, 1.165) is 24.1 Å². The van der Waals surface area contributed by atoms with Gasteiger partial charge in [-0.25, -0.2) is 4.39 Å². The highest BCUT2D eigenvalue weighted by molar-refractivity contribution is 5.97. The van der Waals surface area contributed by atoms with Crippen LogP contribution in [-0.4, -0.2) is 48.4 Å². The van der Waals surface area contributed by atoms with Crippen LogP contribution < -0.4 is 4.90 Å². The third-order valence-corrected chi connectivity index (χ3v) is 6.26. The van der Waals surface area contributed by atoms with E-state index in [-0.39, 0.29) is 31.0 Å². The fraction of sp³-hybridized carbons (Fsp3) is 0.400. The van der Waals surface area contributed by atoms with Gasteiger partial charge < -0.3 is 14.5 Å². The molecule has 0 aromatic heterocycles.